The van der Waals surface area contributed by atoms with Gasteiger partial charge >= 0.3 is 0 Å². The molecule has 9 nitrogen and oxygen atoms in total. The zero-order chi connectivity index (χ0) is 30.3. The van der Waals surface area contributed by atoms with E-state index in [1.165, 1.54) is 19.2 Å². The van der Waals surface area contributed by atoms with E-state index in [1.54, 1.807) is 24.3 Å². The Morgan fingerprint density at radius 2 is 1.84 bits per heavy atom. The maximum absolute atomic E-state index is 14.8. The summed E-state index contributed by atoms with van der Waals surface area (Å²) in [5, 5.41) is 5.73. The Balaban J connectivity index is 1.33. The standard InChI is InChI=1S/C33H37FN4O5/c1-22-18-23-8-3-4-10-27(23)38(22)32(40)21-37-16-6-12-31(39)36-20-25-26(34)9-5-11-28(25)43-29-14-13-24(19-30(29)42-2)33(41)35-15-7-17-37/h3-5,8-11,13-14,19,22H,6-7,12,15-18,20-21H2,1-2H3,(H,35,41)(H,36,39). The number of methoxy groups -OCH3 is 1. The van der Waals surface area contributed by atoms with Gasteiger partial charge in [0, 0.05) is 48.9 Å². The fourth-order valence-corrected chi connectivity index (χ4v) is 5.65. The molecule has 0 aromatic heterocycles. The quantitative estimate of drug-likeness (QED) is 0.470. The number of fused-ring (bicyclic) bond motifs is 14. The van der Waals surface area contributed by atoms with E-state index in [4.69, 9.17) is 9.47 Å². The number of hydrogen-bond acceptors (Lipinski definition) is 6. The molecule has 3 amide bonds. The van der Waals surface area contributed by atoms with Gasteiger partial charge in [0.15, 0.2) is 11.5 Å². The topological polar surface area (TPSA) is 100 Å². The Labute approximate surface area is 251 Å². The number of para-hydroxylation sites is 1. The number of carbonyl (C=O) groups is 3. The number of nitrogens with zero attached hydrogens (tertiary/aromatic N) is 2. The summed E-state index contributed by atoms with van der Waals surface area (Å²) in [4.78, 5) is 43.1. The van der Waals surface area contributed by atoms with E-state index in [9.17, 15) is 18.8 Å². The van der Waals surface area contributed by atoms with E-state index in [2.05, 4.69) is 16.7 Å². The van der Waals surface area contributed by atoms with Crippen LogP contribution in [0.2, 0.25) is 0 Å². The molecular formula is C33H37FN4O5. The van der Waals surface area contributed by atoms with Crippen LogP contribution in [0.5, 0.6) is 17.2 Å². The van der Waals surface area contributed by atoms with Gasteiger partial charge in [-0.05, 0) is 74.7 Å². The monoisotopic (exact) mass is 588 g/mol. The van der Waals surface area contributed by atoms with Crippen molar-refractivity contribution < 1.29 is 28.2 Å². The maximum atomic E-state index is 14.8. The number of nitrogens with one attached hydrogen (secondary N) is 2. The summed E-state index contributed by atoms with van der Waals surface area (Å²) >= 11 is 0. The van der Waals surface area contributed by atoms with E-state index in [0.29, 0.717) is 49.5 Å². The van der Waals surface area contributed by atoms with Crippen molar-refractivity contribution in [3.05, 3.63) is 83.2 Å². The summed E-state index contributed by atoms with van der Waals surface area (Å²) in [6, 6.07) is 17.3. The van der Waals surface area contributed by atoms with Crippen molar-refractivity contribution >= 4 is 23.4 Å². The van der Waals surface area contributed by atoms with Gasteiger partial charge in [0.2, 0.25) is 11.8 Å². The second-order valence-corrected chi connectivity index (χ2v) is 10.9. The number of carbonyl (C=O) groups excluding carboxylic acids is 3. The Kier molecular flexibility index (Phi) is 9.56. The van der Waals surface area contributed by atoms with Gasteiger partial charge in [-0.2, -0.15) is 0 Å². The highest BCUT2D eigenvalue weighted by Crippen LogP contribution is 2.35. The maximum Gasteiger partial charge on any atom is 0.251 e. The van der Waals surface area contributed by atoms with Crippen molar-refractivity contribution in [2.75, 3.05) is 38.2 Å². The first-order valence-electron chi connectivity index (χ1n) is 14.6. The number of hydrogen-bond donors (Lipinski definition) is 2. The van der Waals surface area contributed by atoms with Gasteiger partial charge in [-0.15, -0.1) is 0 Å². The molecule has 0 fully saturated rings. The average molecular weight is 589 g/mol. The van der Waals surface area contributed by atoms with Crippen LogP contribution < -0.4 is 25.0 Å². The number of halogens is 1. The van der Waals surface area contributed by atoms with Crippen LogP contribution in [0, 0.1) is 5.82 Å². The molecule has 10 heteroatoms. The van der Waals surface area contributed by atoms with Crippen molar-refractivity contribution in [2.45, 2.75) is 45.2 Å². The second kappa shape index (κ2) is 13.7. The van der Waals surface area contributed by atoms with Crippen molar-refractivity contribution in [2.24, 2.45) is 0 Å². The Morgan fingerprint density at radius 3 is 2.67 bits per heavy atom. The zero-order valence-corrected chi connectivity index (χ0v) is 24.5. The van der Waals surface area contributed by atoms with Crippen LogP contribution in [0.1, 0.15) is 47.7 Å². The minimum Gasteiger partial charge on any atom is -0.493 e. The van der Waals surface area contributed by atoms with Crippen LogP contribution in [0.4, 0.5) is 10.1 Å². The van der Waals surface area contributed by atoms with Crippen molar-refractivity contribution in [3.8, 4) is 17.2 Å². The molecule has 0 saturated carbocycles. The van der Waals surface area contributed by atoms with Gasteiger partial charge in [0.1, 0.15) is 11.6 Å². The van der Waals surface area contributed by atoms with Crippen LogP contribution in [-0.4, -0.2) is 62.0 Å². The minimum atomic E-state index is -0.513. The minimum absolute atomic E-state index is 0.00333. The normalized spacial score (nSPS) is 18.3. The fourth-order valence-electron chi connectivity index (χ4n) is 5.65. The van der Waals surface area contributed by atoms with Gasteiger partial charge in [-0.1, -0.05) is 24.3 Å². The molecule has 3 aliphatic heterocycles. The molecule has 1 unspecified atom stereocenters. The third-order valence-electron chi connectivity index (χ3n) is 7.83. The lowest BCUT2D eigenvalue weighted by molar-refractivity contribution is -0.121. The fraction of sp³-hybridized carbons (Fsp3) is 0.364. The summed E-state index contributed by atoms with van der Waals surface area (Å²) in [6.45, 7) is 3.67. The van der Waals surface area contributed by atoms with Crippen LogP contribution in [0.15, 0.2) is 60.7 Å². The van der Waals surface area contributed by atoms with Crippen molar-refractivity contribution in [1.29, 1.82) is 0 Å². The zero-order valence-electron chi connectivity index (χ0n) is 24.5. The largest absolute Gasteiger partial charge is 0.493 e. The smallest absolute Gasteiger partial charge is 0.251 e. The molecular weight excluding hydrogens is 551 g/mol. The molecule has 3 aromatic rings. The molecule has 0 radical (unpaired) electrons. The first-order chi connectivity index (χ1) is 20.8. The van der Waals surface area contributed by atoms with E-state index in [-0.39, 0.29) is 54.6 Å². The average Bonchev–Trinajstić information content (AvgIpc) is 3.34. The molecule has 0 saturated heterocycles. The highest BCUT2D eigenvalue weighted by atomic mass is 19.1. The van der Waals surface area contributed by atoms with E-state index in [0.717, 1.165) is 17.7 Å². The summed E-state index contributed by atoms with van der Waals surface area (Å²) < 4.78 is 26.3. The number of ether oxygens (including phenoxy) is 2. The lowest BCUT2D eigenvalue weighted by atomic mass is 10.1. The highest BCUT2D eigenvalue weighted by Gasteiger charge is 2.31. The number of rotatable bonds is 3. The van der Waals surface area contributed by atoms with Gasteiger partial charge < -0.3 is 25.0 Å². The molecule has 43 heavy (non-hydrogen) atoms. The molecule has 226 valence electrons. The molecule has 6 rings (SSSR count). The number of anilines is 1. The molecule has 3 aromatic carbocycles. The first-order valence-corrected chi connectivity index (χ1v) is 14.6. The number of amides is 3. The Morgan fingerprint density at radius 1 is 1.02 bits per heavy atom. The van der Waals surface area contributed by atoms with E-state index < -0.39 is 5.82 Å². The van der Waals surface area contributed by atoms with Crippen LogP contribution >= 0.6 is 0 Å². The Hall–Kier alpha value is -4.44. The highest BCUT2D eigenvalue weighted by molar-refractivity contribution is 5.97. The lowest BCUT2D eigenvalue weighted by Crippen LogP contribution is -2.44. The van der Waals surface area contributed by atoms with Gasteiger partial charge in [0.25, 0.3) is 5.91 Å². The summed E-state index contributed by atoms with van der Waals surface area (Å²) in [7, 11) is 1.46. The predicted octanol–water partition coefficient (Wildman–Crippen LogP) is 4.44. The van der Waals surface area contributed by atoms with Crippen molar-refractivity contribution in [1.82, 2.24) is 15.5 Å². The molecule has 0 aliphatic carbocycles. The third kappa shape index (κ3) is 7.14. The van der Waals surface area contributed by atoms with Crippen LogP contribution in [0.3, 0.4) is 0 Å². The van der Waals surface area contributed by atoms with Gasteiger partial charge in [-0.3, -0.25) is 19.3 Å². The van der Waals surface area contributed by atoms with E-state index in [1.807, 2.05) is 34.9 Å². The summed E-state index contributed by atoms with van der Waals surface area (Å²) in [5.41, 5.74) is 2.70. The van der Waals surface area contributed by atoms with E-state index >= 15 is 0 Å². The molecule has 2 bridgehead atoms. The molecule has 3 aliphatic rings. The molecule has 0 spiro atoms. The summed E-state index contributed by atoms with van der Waals surface area (Å²) in [5.74, 6) is -0.151. The molecule has 2 N–H and O–H groups in total. The second-order valence-electron chi connectivity index (χ2n) is 10.9. The molecule has 3 heterocycles. The lowest BCUT2D eigenvalue weighted by Gasteiger charge is -2.28. The molecule has 1 atom stereocenters. The van der Waals surface area contributed by atoms with Crippen LogP contribution in [0.25, 0.3) is 0 Å². The number of benzene rings is 3. The first kappa shape index (κ1) is 30.0. The van der Waals surface area contributed by atoms with Crippen LogP contribution in [-0.2, 0) is 22.6 Å². The van der Waals surface area contributed by atoms with Gasteiger partial charge in [0.05, 0.1) is 13.7 Å². The van der Waals surface area contributed by atoms with Crippen molar-refractivity contribution in [3.63, 3.8) is 0 Å². The van der Waals surface area contributed by atoms with Gasteiger partial charge in [-0.25, -0.2) is 4.39 Å². The SMILES string of the molecule is COc1cc2ccc1Oc1cccc(F)c1CNC(=O)CCCN(CC(=O)N1c3ccccc3CC1C)CCCNC2=O. The predicted molar refractivity (Wildman–Crippen MR) is 161 cm³/mol. The third-order valence-corrected chi connectivity index (χ3v) is 7.83. The Bertz CT molecular complexity index is 1500. The summed E-state index contributed by atoms with van der Waals surface area (Å²) in [6.07, 6.45) is 2.15.